The maximum Gasteiger partial charge on any atom is 0.325 e. The van der Waals surface area contributed by atoms with E-state index in [2.05, 4.69) is 54.3 Å². The van der Waals surface area contributed by atoms with Gasteiger partial charge in [0.05, 0.1) is 30.5 Å². The topological polar surface area (TPSA) is 86.5 Å². The predicted octanol–water partition coefficient (Wildman–Crippen LogP) is 2.29. The number of urea groups is 1. The molecule has 0 bridgehead atoms. The number of hydrogen-bond donors (Lipinski definition) is 0. The molecule has 0 unspecified atom stereocenters. The third kappa shape index (κ3) is 4.27. The lowest BCUT2D eigenvalue weighted by molar-refractivity contribution is -0.130. The van der Waals surface area contributed by atoms with Crippen LogP contribution in [0.25, 0.3) is 0 Å². The first kappa shape index (κ1) is 24.7. The zero-order chi connectivity index (χ0) is 25.4. The van der Waals surface area contributed by atoms with E-state index in [4.69, 9.17) is 0 Å². The highest BCUT2D eigenvalue weighted by Crippen LogP contribution is 2.49. The summed E-state index contributed by atoms with van der Waals surface area (Å²) in [5.41, 5.74) is 1.49. The maximum atomic E-state index is 13.8. The first-order valence-electron chi connectivity index (χ1n) is 12.0. The number of likely N-dealkylation sites (N-methyl/N-ethyl adjacent to an activating group) is 2. The molecule has 2 heterocycles. The van der Waals surface area contributed by atoms with Crippen LogP contribution in [0.15, 0.2) is 47.2 Å². The van der Waals surface area contributed by atoms with E-state index in [1.807, 2.05) is 6.07 Å². The van der Waals surface area contributed by atoms with Crippen LogP contribution in [0.2, 0.25) is 0 Å². The molecule has 3 aliphatic rings. The van der Waals surface area contributed by atoms with Crippen LogP contribution in [0.1, 0.15) is 31.2 Å². The zero-order valence-corrected chi connectivity index (χ0v) is 21.4. The molecule has 4 rings (SSSR count). The largest absolute Gasteiger partial charge is 0.347 e. The molecule has 2 aliphatic heterocycles. The molecule has 0 atom stereocenters. The second-order valence-electron chi connectivity index (χ2n) is 10.3. The van der Waals surface area contributed by atoms with Gasteiger partial charge in [-0.15, -0.1) is 0 Å². The Hall–Kier alpha value is -3.38. The number of aliphatic imine (C=N–C) groups is 1. The molecule has 2 fully saturated rings. The number of carbonyl (C=O) groups excluding carboxylic acids is 2. The summed E-state index contributed by atoms with van der Waals surface area (Å²) < 4.78 is 0. The van der Waals surface area contributed by atoms with Gasteiger partial charge in [-0.3, -0.25) is 14.6 Å². The van der Waals surface area contributed by atoms with Crippen molar-refractivity contribution in [3.05, 3.63) is 47.8 Å². The summed E-state index contributed by atoms with van der Waals surface area (Å²) in [6.45, 7) is 0.996. The summed E-state index contributed by atoms with van der Waals surface area (Å²) in [4.78, 5) is 39.9. The average molecular weight is 478 g/mol. The van der Waals surface area contributed by atoms with Crippen LogP contribution in [-0.4, -0.2) is 103 Å². The summed E-state index contributed by atoms with van der Waals surface area (Å²) in [5, 5.41) is 9.26. The number of carbonyl (C=O) groups is 2. The normalized spacial score (nSPS) is 26.7. The Morgan fingerprint density at radius 3 is 2.31 bits per heavy atom. The number of benzene rings is 1. The van der Waals surface area contributed by atoms with Crippen LogP contribution in [0.4, 0.5) is 4.79 Å². The van der Waals surface area contributed by atoms with Gasteiger partial charge in [-0.05, 0) is 45.3 Å². The van der Waals surface area contributed by atoms with E-state index in [0.717, 1.165) is 31.4 Å². The number of nitrogens with zero attached hydrogens (tertiary/aromatic N) is 7. The van der Waals surface area contributed by atoms with Crippen molar-refractivity contribution in [1.82, 2.24) is 24.5 Å². The van der Waals surface area contributed by atoms with E-state index in [-0.39, 0.29) is 24.0 Å². The summed E-state index contributed by atoms with van der Waals surface area (Å²) in [6.07, 6.45) is 4.97. The Labute approximate surface area is 207 Å². The molecule has 0 radical (unpaired) electrons. The standard InChI is InChI=1S/C26H35N7O2/c1-29(2)23(34)18-33-24(35)32(21-16-28-22(15-27)31(5)17-21)19-25(33)11-13-26(14-12-25,30(3)4)20-9-7-6-8-10-20/h6-10,16H,11-14,17-19H2,1-5H3. The zero-order valence-electron chi connectivity index (χ0n) is 21.4. The molecule has 1 aromatic rings. The second-order valence-corrected chi connectivity index (χ2v) is 10.3. The van der Waals surface area contributed by atoms with Crippen LogP contribution in [0, 0.1) is 11.3 Å². The summed E-state index contributed by atoms with van der Waals surface area (Å²) in [5.74, 6) is 0.234. The SMILES string of the molecule is CN(C)C(=O)CN1C(=O)N(C2=CN=C(C#N)N(C)C2)CC12CCC(c1ccccc1)(N(C)C)CC2. The lowest BCUT2D eigenvalue weighted by Crippen LogP contribution is -2.57. The van der Waals surface area contributed by atoms with Crippen LogP contribution in [-0.2, 0) is 10.3 Å². The molecule has 1 saturated carbocycles. The van der Waals surface area contributed by atoms with Gasteiger partial charge in [0.1, 0.15) is 12.6 Å². The quantitative estimate of drug-likeness (QED) is 0.650. The van der Waals surface area contributed by atoms with Gasteiger partial charge in [0.25, 0.3) is 0 Å². The van der Waals surface area contributed by atoms with Crippen molar-refractivity contribution in [3.8, 4) is 6.07 Å². The van der Waals surface area contributed by atoms with Crippen molar-refractivity contribution >= 4 is 17.8 Å². The average Bonchev–Trinajstić information content (AvgIpc) is 3.11. The Morgan fingerprint density at radius 2 is 1.77 bits per heavy atom. The highest BCUT2D eigenvalue weighted by molar-refractivity contribution is 5.97. The molecule has 1 aliphatic carbocycles. The van der Waals surface area contributed by atoms with Crippen molar-refractivity contribution in [2.24, 2.45) is 4.99 Å². The molecular weight excluding hydrogens is 442 g/mol. The predicted molar refractivity (Wildman–Crippen MR) is 134 cm³/mol. The van der Waals surface area contributed by atoms with Gasteiger partial charge in [0.15, 0.2) is 0 Å². The molecule has 1 aromatic carbocycles. The number of rotatable bonds is 5. The van der Waals surface area contributed by atoms with Crippen molar-refractivity contribution in [1.29, 1.82) is 5.26 Å². The summed E-state index contributed by atoms with van der Waals surface area (Å²) in [7, 11) is 9.48. The van der Waals surface area contributed by atoms with E-state index in [9.17, 15) is 14.9 Å². The minimum atomic E-state index is -0.435. The molecule has 1 spiro atoms. The fourth-order valence-electron chi connectivity index (χ4n) is 5.69. The number of hydrogen-bond acceptors (Lipinski definition) is 6. The number of amidine groups is 1. The van der Waals surface area contributed by atoms with Gasteiger partial charge < -0.3 is 14.7 Å². The van der Waals surface area contributed by atoms with Crippen molar-refractivity contribution in [2.75, 3.05) is 54.9 Å². The van der Waals surface area contributed by atoms with Gasteiger partial charge in [0, 0.05) is 26.7 Å². The summed E-state index contributed by atoms with van der Waals surface area (Å²) >= 11 is 0. The van der Waals surface area contributed by atoms with Crippen LogP contribution >= 0.6 is 0 Å². The lowest BCUT2D eigenvalue weighted by Gasteiger charge is -2.51. The molecule has 0 N–H and O–H groups in total. The molecule has 35 heavy (non-hydrogen) atoms. The summed E-state index contributed by atoms with van der Waals surface area (Å²) in [6, 6.07) is 12.5. The minimum Gasteiger partial charge on any atom is -0.347 e. The second kappa shape index (κ2) is 9.34. The minimum absolute atomic E-state index is 0.0540. The lowest BCUT2D eigenvalue weighted by atomic mass is 9.68. The molecule has 9 nitrogen and oxygen atoms in total. The van der Waals surface area contributed by atoms with Gasteiger partial charge >= 0.3 is 6.03 Å². The fraction of sp³-hybridized carbons (Fsp3) is 0.538. The molecule has 186 valence electrons. The third-order valence-electron chi connectivity index (χ3n) is 8.00. The third-order valence-corrected chi connectivity index (χ3v) is 8.00. The van der Waals surface area contributed by atoms with Gasteiger partial charge in [0.2, 0.25) is 11.7 Å². The number of amides is 3. The van der Waals surface area contributed by atoms with E-state index in [0.29, 0.717) is 18.9 Å². The molecule has 0 aromatic heterocycles. The molecule has 1 saturated heterocycles. The van der Waals surface area contributed by atoms with Crippen molar-refractivity contribution < 1.29 is 9.59 Å². The monoisotopic (exact) mass is 477 g/mol. The number of nitriles is 1. The molecule has 3 amide bonds. The Kier molecular flexibility index (Phi) is 6.60. The van der Waals surface area contributed by atoms with Crippen molar-refractivity contribution in [3.63, 3.8) is 0 Å². The van der Waals surface area contributed by atoms with Crippen molar-refractivity contribution in [2.45, 2.75) is 36.8 Å². The maximum absolute atomic E-state index is 13.8. The van der Waals surface area contributed by atoms with Crippen LogP contribution in [0.5, 0.6) is 0 Å². The first-order chi connectivity index (χ1) is 16.6. The van der Waals surface area contributed by atoms with E-state index in [1.165, 1.54) is 10.5 Å². The molecule has 9 heteroatoms. The fourth-order valence-corrected chi connectivity index (χ4v) is 5.69. The van der Waals surface area contributed by atoms with Crippen LogP contribution in [0.3, 0.4) is 0 Å². The Bertz CT molecular complexity index is 1080. The van der Waals surface area contributed by atoms with Gasteiger partial charge in [-0.1, -0.05) is 30.3 Å². The van der Waals surface area contributed by atoms with Crippen LogP contribution < -0.4 is 0 Å². The molecular formula is C26H35N7O2. The Morgan fingerprint density at radius 1 is 1.11 bits per heavy atom. The van der Waals surface area contributed by atoms with E-state index in [1.54, 1.807) is 42.0 Å². The highest BCUT2D eigenvalue weighted by atomic mass is 16.2. The van der Waals surface area contributed by atoms with E-state index < -0.39 is 5.54 Å². The first-order valence-corrected chi connectivity index (χ1v) is 12.0. The Balaban J connectivity index is 1.66. The smallest absolute Gasteiger partial charge is 0.325 e. The van der Waals surface area contributed by atoms with E-state index >= 15 is 0 Å². The van der Waals surface area contributed by atoms with Gasteiger partial charge in [-0.2, -0.15) is 5.26 Å². The van der Waals surface area contributed by atoms with Gasteiger partial charge in [-0.25, -0.2) is 9.79 Å². The highest BCUT2D eigenvalue weighted by Gasteiger charge is 2.55.